The molecular weight excluding hydrogens is 321 g/mol. The molecule has 0 atom stereocenters. The van der Waals surface area contributed by atoms with E-state index in [0.717, 1.165) is 11.6 Å². The third kappa shape index (κ3) is 4.15. The largest absolute Gasteiger partial charge is 0.452 e. The number of hydrogen-bond acceptors (Lipinski definition) is 3. The summed E-state index contributed by atoms with van der Waals surface area (Å²) >= 11 is 0. The molecule has 0 aliphatic heterocycles. The standard InChI is InChI=1S/C17H19F3N2O2/c1-4-22(16(23)11(2)3)10-12-5-7-13(8-6-12)14-9-15(24-21-14)17(18,19)20/h5-9,11H,4,10H2,1-3H3. The van der Waals surface area contributed by atoms with Crippen molar-refractivity contribution >= 4 is 5.91 Å². The van der Waals surface area contributed by atoms with Crippen LogP contribution in [0.1, 0.15) is 32.1 Å². The van der Waals surface area contributed by atoms with E-state index in [2.05, 4.69) is 9.68 Å². The molecule has 4 nitrogen and oxygen atoms in total. The minimum atomic E-state index is -4.55. The number of benzene rings is 1. The molecule has 0 bridgehead atoms. The van der Waals surface area contributed by atoms with Crippen LogP contribution in [0.25, 0.3) is 11.3 Å². The van der Waals surface area contributed by atoms with Gasteiger partial charge in [0.25, 0.3) is 0 Å². The number of rotatable bonds is 5. The van der Waals surface area contributed by atoms with Crippen LogP contribution in [-0.4, -0.2) is 22.5 Å². The fraction of sp³-hybridized carbons (Fsp3) is 0.412. The van der Waals surface area contributed by atoms with Crippen molar-refractivity contribution in [3.05, 3.63) is 41.7 Å². The number of amides is 1. The van der Waals surface area contributed by atoms with Gasteiger partial charge in [-0.1, -0.05) is 43.3 Å². The Bertz CT molecular complexity index is 691. The van der Waals surface area contributed by atoms with E-state index in [-0.39, 0.29) is 17.5 Å². The van der Waals surface area contributed by atoms with E-state index in [0.29, 0.717) is 18.7 Å². The van der Waals surface area contributed by atoms with Crippen molar-refractivity contribution in [2.75, 3.05) is 6.54 Å². The Morgan fingerprint density at radius 3 is 2.33 bits per heavy atom. The minimum absolute atomic E-state index is 0.0629. The maximum atomic E-state index is 12.5. The number of carbonyl (C=O) groups is 1. The predicted octanol–water partition coefficient (Wildman–Crippen LogP) is 4.36. The summed E-state index contributed by atoms with van der Waals surface area (Å²) in [5.41, 5.74) is 1.55. The van der Waals surface area contributed by atoms with Crippen LogP contribution in [0.4, 0.5) is 13.2 Å². The van der Waals surface area contributed by atoms with Crippen LogP contribution in [0, 0.1) is 5.92 Å². The van der Waals surface area contributed by atoms with Crippen molar-refractivity contribution in [2.24, 2.45) is 5.92 Å². The number of halogens is 3. The highest BCUT2D eigenvalue weighted by Crippen LogP contribution is 2.32. The quantitative estimate of drug-likeness (QED) is 0.812. The summed E-state index contributed by atoms with van der Waals surface area (Å²) in [6.07, 6.45) is -4.55. The van der Waals surface area contributed by atoms with E-state index in [1.165, 1.54) is 0 Å². The normalized spacial score (nSPS) is 11.8. The Morgan fingerprint density at radius 1 is 1.25 bits per heavy atom. The Morgan fingerprint density at radius 2 is 1.88 bits per heavy atom. The van der Waals surface area contributed by atoms with E-state index in [9.17, 15) is 18.0 Å². The molecule has 24 heavy (non-hydrogen) atoms. The van der Waals surface area contributed by atoms with Gasteiger partial charge in [-0.15, -0.1) is 0 Å². The van der Waals surface area contributed by atoms with Gasteiger partial charge in [0.2, 0.25) is 11.7 Å². The fourth-order valence-corrected chi connectivity index (χ4v) is 2.26. The average Bonchev–Trinajstić information content (AvgIpc) is 3.02. The second-order valence-electron chi connectivity index (χ2n) is 5.78. The molecule has 0 saturated heterocycles. The van der Waals surface area contributed by atoms with Crippen molar-refractivity contribution in [2.45, 2.75) is 33.5 Å². The lowest BCUT2D eigenvalue weighted by Crippen LogP contribution is -2.33. The molecule has 130 valence electrons. The summed E-state index contributed by atoms with van der Waals surface area (Å²) in [4.78, 5) is 13.8. The summed E-state index contributed by atoms with van der Waals surface area (Å²) in [7, 11) is 0. The first-order chi connectivity index (χ1) is 11.2. The molecule has 1 aromatic heterocycles. The molecule has 0 aliphatic rings. The zero-order valence-electron chi connectivity index (χ0n) is 13.7. The van der Waals surface area contributed by atoms with Gasteiger partial charge in [0.15, 0.2) is 0 Å². The van der Waals surface area contributed by atoms with E-state index in [1.54, 1.807) is 29.2 Å². The Labute approximate surface area is 138 Å². The highest BCUT2D eigenvalue weighted by Gasteiger charge is 2.36. The van der Waals surface area contributed by atoms with Gasteiger partial charge in [0, 0.05) is 30.6 Å². The Hall–Kier alpha value is -2.31. The van der Waals surface area contributed by atoms with Gasteiger partial charge in [-0.3, -0.25) is 4.79 Å². The van der Waals surface area contributed by atoms with Gasteiger partial charge >= 0.3 is 6.18 Å². The second-order valence-corrected chi connectivity index (χ2v) is 5.78. The number of nitrogens with zero attached hydrogens (tertiary/aromatic N) is 2. The zero-order chi connectivity index (χ0) is 17.9. The number of hydrogen-bond donors (Lipinski definition) is 0. The Balaban J connectivity index is 2.13. The van der Waals surface area contributed by atoms with Crippen LogP contribution < -0.4 is 0 Å². The van der Waals surface area contributed by atoms with Crippen molar-refractivity contribution in [3.8, 4) is 11.3 Å². The maximum absolute atomic E-state index is 12.5. The van der Waals surface area contributed by atoms with Crippen LogP contribution in [0.2, 0.25) is 0 Å². The lowest BCUT2D eigenvalue weighted by Gasteiger charge is -2.23. The van der Waals surface area contributed by atoms with Crippen molar-refractivity contribution < 1.29 is 22.5 Å². The molecule has 0 saturated carbocycles. The molecule has 0 N–H and O–H groups in total. The lowest BCUT2D eigenvalue weighted by molar-refractivity contribution is -0.155. The first kappa shape index (κ1) is 18.0. The minimum Gasteiger partial charge on any atom is -0.351 e. The fourth-order valence-electron chi connectivity index (χ4n) is 2.26. The van der Waals surface area contributed by atoms with E-state index in [4.69, 9.17) is 0 Å². The first-order valence-electron chi connectivity index (χ1n) is 7.64. The zero-order valence-corrected chi connectivity index (χ0v) is 13.7. The topological polar surface area (TPSA) is 46.3 Å². The average molecular weight is 340 g/mol. The molecule has 7 heteroatoms. The summed E-state index contributed by atoms with van der Waals surface area (Å²) in [5.74, 6) is -1.14. The van der Waals surface area contributed by atoms with Gasteiger partial charge in [0.05, 0.1) is 0 Å². The molecule has 1 amide bonds. The second kappa shape index (κ2) is 7.07. The third-order valence-corrected chi connectivity index (χ3v) is 3.60. The lowest BCUT2D eigenvalue weighted by atomic mass is 10.1. The first-order valence-corrected chi connectivity index (χ1v) is 7.64. The van der Waals surface area contributed by atoms with Crippen molar-refractivity contribution in [1.82, 2.24) is 10.1 Å². The van der Waals surface area contributed by atoms with Crippen molar-refractivity contribution in [3.63, 3.8) is 0 Å². The predicted molar refractivity (Wildman–Crippen MR) is 82.9 cm³/mol. The van der Waals surface area contributed by atoms with E-state index < -0.39 is 11.9 Å². The van der Waals surface area contributed by atoms with Crippen molar-refractivity contribution in [1.29, 1.82) is 0 Å². The Kier molecular flexibility index (Phi) is 5.31. The summed E-state index contributed by atoms with van der Waals surface area (Å²) in [5, 5.41) is 3.45. The van der Waals surface area contributed by atoms with E-state index >= 15 is 0 Å². The van der Waals surface area contributed by atoms with Gasteiger partial charge in [-0.05, 0) is 12.5 Å². The smallest absolute Gasteiger partial charge is 0.351 e. The highest BCUT2D eigenvalue weighted by molar-refractivity contribution is 5.78. The van der Waals surface area contributed by atoms with Gasteiger partial charge in [-0.2, -0.15) is 13.2 Å². The molecule has 0 unspecified atom stereocenters. The number of aromatic nitrogens is 1. The number of carbonyl (C=O) groups excluding carboxylic acids is 1. The number of alkyl halides is 3. The molecule has 2 aromatic rings. The van der Waals surface area contributed by atoms with Crippen LogP contribution >= 0.6 is 0 Å². The van der Waals surface area contributed by atoms with Crippen LogP contribution in [-0.2, 0) is 17.5 Å². The summed E-state index contributed by atoms with van der Waals surface area (Å²) in [6, 6.07) is 7.75. The highest BCUT2D eigenvalue weighted by atomic mass is 19.4. The summed E-state index contributed by atoms with van der Waals surface area (Å²) < 4.78 is 41.9. The third-order valence-electron chi connectivity index (χ3n) is 3.60. The monoisotopic (exact) mass is 340 g/mol. The van der Waals surface area contributed by atoms with Gasteiger partial charge < -0.3 is 9.42 Å². The molecule has 0 spiro atoms. The molecule has 0 fully saturated rings. The maximum Gasteiger partial charge on any atom is 0.452 e. The van der Waals surface area contributed by atoms with Crippen LogP contribution in [0.15, 0.2) is 34.9 Å². The molecule has 0 aliphatic carbocycles. The molecule has 1 heterocycles. The van der Waals surface area contributed by atoms with Crippen LogP contribution in [0.3, 0.4) is 0 Å². The van der Waals surface area contributed by atoms with E-state index in [1.807, 2.05) is 20.8 Å². The van der Waals surface area contributed by atoms with Gasteiger partial charge in [-0.25, -0.2) is 0 Å². The van der Waals surface area contributed by atoms with Gasteiger partial charge in [0.1, 0.15) is 5.69 Å². The summed E-state index contributed by atoms with van der Waals surface area (Å²) in [6.45, 7) is 6.65. The molecule has 0 radical (unpaired) electrons. The molecule has 1 aromatic carbocycles. The SMILES string of the molecule is CCN(Cc1ccc(-c2cc(C(F)(F)F)on2)cc1)C(=O)C(C)C. The molecular formula is C17H19F3N2O2. The van der Waals surface area contributed by atoms with Crippen LogP contribution in [0.5, 0.6) is 0 Å². The molecule has 2 rings (SSSR count).